The first-order chi connectivity index (χ1) is 18.5. The van der Waals surface area contributed by atoms with Crippen molar-refractivity contribution in [2.24, 2.45) is 0 Å². The standard InChI is InChI=1S/C29H33N7OS/c1-4-34(5-2)28(37)38-27-31-32-33-36(27)25-18-12-17-24(19-25)30-29(3)20-35(21-29)26(22-13-8-6-9-14-22)23-15-10-7-11-16-23/h6-19,26,30H,4-5,20-21H2,1-3H3. The van der Waals surface area contributed by atoms with Gasteiger partial charge in [0.05, 0.1) is 17.3 Å². The van der Waals surface area contributed by atoms with Crippen molar-refractivity contribution in [1.29, 1.82) is 0 Å². The van der Waals surface area contributed by atoms with Crippen molar-refractivity contribution in [3.8, 4) is 5.69 Å². The molecule has 3 aromatic carbocycles. The van der Waals surface area contributed by atoms with Crippen LogP contribution in [0, 0.1) is 0 Å². The first-order valence-corrected chi connectivity index (χ1v) is 13.8. The van der Waals surface area contributed by atoms with E-state index < -0.39 is 0 Å². The Balaban J connectivity index is 1.30. The average Bonchev–Trinajstić information content (AvgIpc) is 3.38. The molecular weight excluding hydrogens is 494 g/mol. The van der Waals surface area contributed by atoms with Crippen molar-refractivity contribution in [2.75, 3.05) is 31.5 Å². The summed E-state index contributed by atoms with van der Waals surface area (Å²) in [7, 11) is 0. The Kier molecular flexibility index (Phi) is 7.76. The lowest BCUT2D eigenvalue weighted by molar-refractivity contribution is 0.0672. The van der Waals surface area contributed by atoms with Gasteiger partial charge in [-0.1, -0.05) is 66.7 Å². The van der Waals surface area contributed by atoms with Gasteiger partial charge in [0.15, 0.2) is 0 Å². The summed E-state index contributed by atoms with van der Waals surface area (Å²) in [4.78, 5) is 16.9. The number of carbonyl (C=O) groups excluding carboxylic acids is 1. The third-order valence-corrected chi connectivity index (χ3v) is 7.75. The van der Waals surface area contributed by atoms with Crippen LogP contribution in [0.25, 0.3) is 5.69 Å². The van der Waals surface area contributed by atoms with Crippen LogP contribution < -0.4 is 5.32 Å². The Bertz CT molecular complexity index is 1310. The second-order valence-corrected chi connectivity index (χ2v) is 10.7. The lowest BCUT2D eigenvalue weighted by atomic mass is 9.86. The van der Waals surface area contributed by atoms with Crippen LogP contribution in [0.5, 0.6) is 0 Å². The van der Waals surface area contributed by atoms with Gasteiger partial charge in [-0.3, -0.25) is 9.69 Å². The molecule has 196 valence electrons. The SMILES string of the molecule is CCN(CC)C(=O)Sc1nnnn1-c1cccc(NC2(C)CN(C(c3ccccc3)c3ccccc3)C2)c1. The number of rotatable bonds is 9. The second kappa shape index (κ2) is 11.4. The summed E-state index contributed by atoms with van der Waals surface area (Å²) in [6.45, 7) is 9.27. The zero-order chi connectivity index (χ0) is 26.5. The van der Waals surface area contributed by atoms with Gasteiger partial charge in [-0.15, -0.1) is 5.10 Å². The number of carbonyl (C=O) groups is 1. The minimum absolute atomic E-state index is 0.0613. The predicted molar refractivity (Wildman–Crippen MR) is 152 cm³/mol. The van der Waals surface area contributed by atoms with Crippen LogP contribution in [0.1, 0.15) is 37.9 Å². The molecule has 0 unspecified atom stereocenters. The molecular formula is C29H33N7OS. The maximum atomic E-state index is 12.6. The highest BCUT2D eigenvalue weighted by molar-refractivity contribution is 8.13. The Morgan fingerprint density at radius 1 is 0.974 bits per heavy atom. The lowest BCUT2D eigenvalue weighted by Gasteiger charge is -2.52. The van der Waals surface area contributed by atoms with Crippen molar-refractivity contribution >= 4 is 22.7 Å². The topological polar surface area (TPSA) is 79.2 Å². The number of tetrazole rings is 1. The van der Waals surface area contributed by atoms with Gasteiger partial charge < -0.3 is 10.2 Å². The van der Waals surface area contributed by atoms with E-state index in [0.717, 1.165) is 36.2 Å². The Labute approximate surface area is 228 Å². The quantitative estimate of drug-likeness (QED) is 0.288. The van der Waals surface area contributed by atoms with Gasteiger partial charge in [-0.2, -0.15) is 4.68 Å². The summed E-state index contributed by atoms with van der Waals surface area (Å²) in [5.74, 6) is 0. The number of likely N-dealkylation sites (tertiary alicyclic amines) is 1. The number of thioether (sulfide) groups is 1. The number of nitrogens with zero attached hydrogens (tertiary/aromatic N) is 6. The third-order valence-electron chi connectivity index (χ3n) is 6.88. The highest BCUT2D eigenvalue weighted by Gasteiger charge is 2.42. The smallest absolute Gasteiger partial charge is 0.289 e. The largest absolute Gasteiger partial charge is 0.377 e. The summed E-state index contributed by atoms with van der Waals surface area (Å²) < 4.78 is 1.62. The molecule has 1 aliphatic rings. The molecule has 0 radical (unpaired) electrons. The molecule has 1 amide bonds. The van der Waals surface area contributed by atoms with E-state index in [4.69, 9.17) is 0 Å². The minimum Gasteiger partial charge on any atom is -0.377 e. The molecule has 0 aliphatic carbocycles. The third kappa shape index (κ3) is 5.58. The monoisotopic (exact) mass is 527 g/mol. The van der Waals surface area contributed by atoms with Gasteiger partial charge in [0, 0.05) is 43.6 Å². The number of aromatic nitrogens is 4. The molecule has 0 bridgehead atoms. The van der Waals surface area contributed by atoms with Gasteiger partial charge in [0.2, 0.25) is 5.16 Å². The van der Waals surface area contributed by atoms with Crippen LogP contribution in [0.3, 0.4) is 0 Å². The second-order valence-electron chi connectivity index (χ2n) is 9.78. The molecule has 9 heteroatoms. The molecule has 1 fully saturated rings. The number of benzene rings is 3. The first kappa shape index (κ1) is 25.9. The zero-order valence-corrected chi connectivity index (χ0v) is 22.8. The van der Waals surface area contributed by atoms with Crippen molar-refractivity contribution in [3.63, 3.8) is 0 Å². The van der Waals surface area contributed by atoms with Crippen LogP contribution >= 0.6 is 11.8 Å². The van der Waals surface area contributed by atoms with Crippen molar-refractivity contribution in [2.45, 2.75) is 37.5 Å². The number of hydrogen-bond donors (Lipinski definition) is 1. The normalized spacial score (nSPS) is 14.7. The van der Waals surface area contributed by atoms with Crippen LogP contribution in [0.4, 0.5) is 10.5 Å². The first-order valence-electron chi connectivity index (χ1n) is 13.0. The molecule has 0 saturated carbocycles. The van der Waals surface area contributed by atoms with Crippen LogP contribution in [0.15, 0.2) is 90.1 Å². The molecule has 5 rings (SSSR count). The van der Waals surface area contributed by atoms with Gasteiger partial charge >= 0.3 is 0 Å². The molecule has 2 heterocycles. The Hall–Kier alpha value is -3.69. The maximum absolute atomic E-state index is 12.6. The van der Waals surface area contributed by atoms with Crippen molar-refractivity contribution in [3.05, 3.63) is 96.1 Å². The molecule has 1 N–H and O–H groups in total. The number of hydrogen-bond acceptors (Lipinski definition) is 7. The summed E-state index contributed by atoms with van der Waals surface area (Å²) in [6.07, 6.45) is 0. The number of amides is 1. The minimum atomic E-state index is -0.0860. The fraction of sp³-hybridized carbons (Fsp3) is 0.310. The van der Waals surface area contributed by atoms with Crippen LogP contribution in [-0.4, -0.2) is 67.0 Å². The van der Waals surface area contributed by atoms with E-state index in [1.165, 1.54) is 11.1 Å². The average molecular weight is 528 g/mol. The van der Waals surface area contributed by atoms with Crippen molar-refractivity contribution < 1.29 is 4.79 Å². The lowest BCUT2D eigenvalue weighted by Crippen LogP contribution is -2.64. The Morgan fingerprint density at radius 3 is 2.21 bits per heavy atom. The maximum Gasteiger partial charge on any atom is 0.289 e. The predicted octanol–water partition coefficient (Wildman–Crippen LogP) is 5.49. The zero-order valence-electron chi connectivity index (χ0n) is 22.0. The highest BCUT2D eigenvalue weighted by atomic mass is 32.2. The molecule has 1 aromatic heterocycles. The van der Waals surface area contributed by atoms with E-state index in [9.17, 15) is 4.79 Å². The van der Waals surface area contributed by atoms with E-state index in [1.54, 1.807) is 9.58 Å². The van der Waals surface area contributed by atoms with E-state index in [-0.39, 0.29) is 16.8 Å². The number of anilines is 1. The summed E-state index contributed by atoms with van der Waals surface area (Å²) in [5.41, 5.74) is 4.30. The van der Waals surface area contributed by atoms with E-state index >= 15 is 0 Å². The molecule has 1 saturated heterocycles. The van der Waals surface area contributed by atoms with Crippen molar-refractivity contribution in [1.82, 2.24) is 30.0 Å². The fourth-order valence-corrected chi connectivity index (χ4v) is 5.94. The summed E-state index contributed by atoms with van der Waals surface area (Å²) in [6, 6.07) is 29.6. The molecule has 1 aliphatic heterocycles. The fourth-order valence-electron chi connectivity index (χ4n) is 5.09. The molecule has 0 spiro atoms. The molecule has 38 heavy (non-hydrogen) atoms. The molecule has 4 aromatic rings. The summed E-state index contributed by atoms with van der Waals surface area (Å²) in [5, 5.41) is 16.2. The van der Waals surface area contributed by atoms with Gasteiger partial charge in [-0.05, 0) is 60.5 Å². The molecule has 8 nitrogen and oxygen atoms in total. The summed E-state index contributed by atoms with van der Waals surface area (Å²) >= 11 is 1.05. The van der Waals surface area contributed by atoms with Gasteiger partial charge in [-0.25, -0.2) is 0 Å². The highest BCUT2D eigenvalue weighted by Crippen LogP contribution is 2.37. The van der Waals surface area contributed by atoms with Crippen LogP contribution in [-0.2, 0) is 0 Å². The van der Waals surface area contributed by atoms with E-state index in [1.807, 2.05) is 32.0 Å². The van der Waals surface area contributed by atoms with Crippen LogP contribution in [0.2, 0.25) is 0 Å². The Morgan fingerprint density at radius 2 is 1.61 bits per heavy atom. The van der Waals surface area contributed by atoms with E-state index in [2.05, 4.69) is 99.4 Å². The number of nitrogens with one attached hydrogen (secondary N) is 1. The van der Waals surface area contributed by atoms with Gasteiger partial charge in [0.25, 0.3) is 5.24 Å². The van der Waals surface area contributed by atoms with Gasteiger partial charge in [0.1, 0.15) is 0 Å². The van der Waals surface area contributed by atoms with E-state index in [0.29, 0.717) is 18.2 Å². The molecule has 0 atom stereocenters.